The minimum atomic E-state index is 0.167. The fourth-order valence-electron chi connectivity index (χ4n) is 5.42. The first kappa shape index (κ1) is 27.8. The van der Waals surface area contributed by atoms with Gasteiger partial charge in [-0.3, -0.25) is 0 Å². The minimum Gasteiger partial charge on any atom is -0.337 e. The Morgan fingerprint density at radius 3 is 1.29 bits per heavy atom. The van der Waals surface area contributed by atoms with Gasteiger partial charge >= 0.3 is 0 Å². The highest BCUT2D eigenvalue weighted by Crippen LogP contribution is 2.23. The molecule has 42 heavy (non-hydrogen) atoms. The number of benzene rings is 2. The number of fused-ring (bicyclic) bond motifs is 2. The predicted molar refractivity (Wildman–Crippen MR) is 168 cm³/mol. The van der Waals surface area contributed by atoms with Gasteiger partial charge in [0.2, 0.25) is 0 Å². The van der Waals surface area contributed by atoms with Crippen LogP contribution in [-0.2, 0) is 36.8 Å². The molecule has 0 unspecified atom stereocenters. The van der Waals surface area contributed by atoms with Crippen LogP contribution in [0, 0.1) is 0 Å². The van der Waals surface area contributed by atoms with Gasteiger partial charge in [-0.05, 0) is 22.0 Å². The van der Waals surface area contributed by atoms with Crippen molar-refractivity contribution in [2.24, 2.45) is 0 Å². The van der Waals surface area contributed by atoms with Gasteiger partial charge in [0, 0.05) is 36.1 Å². The second-order valence-corrected chi connectivity index (χ2v) is 13.6. The number of pyridine rings is 2. The Morgan fingerprint density at radius 2 is 0.929 bits per heavy atom. The van der Waals surface area contributed by atoms with E-state index in [0.29, 0.717) is 0 Å². The maximum Gasteiger partial charge on any atom is 0.195 e. The van der Waals surface area contributed by atoms with Gasteiger partial charge in [-0.1, -0.05) is 90.1 Å². The molecule has 6 aromatic rings. The Hall–Kier alpha value is -4.32. The van der Waals surface area contributed by atoms with Crippen LogP contribution < -0.4 is 9.13 Å². The summed E-state index contributed by atoms with van der Waals surface area (Å²) < 4.78 is 4.42. The molecule has 6 heteroatoms. The zero-order chi connectivity index (χ0) is 29.5. The SMILES string of the molecule is CC(C)(C)c1ccc(C[n+]2ccc3nc(CCc4nc5cc[n+](Cc6ccc(C(C)(C)C)cc6)cc5[nH]4)[nH]c3c2)cc1. The highest BCUT2D eigenvalue weighted by molar-refractivity contribution is 5.73. The zero-order valence-electron chi connectivity index (χ0n) is 25.7. The summed E-state index contributed by atoms with van der Waals surface area (Å²) in [7, 11) is 0. The van der Waals surface area contributed by atoms with Crippen LogP contribution in [0.5, 0.6) is 0 Å². The third-order valence-electron chi connectivity index (χ3n) is 8.03. The minimum absolute atomic E-state index is 0.167. The first-order chi connectivity index (χ1) is 20.0. The third-order valence-corrected chi connectivity index (χ3v) is 8.03. The molecule has 4 aromatic heterocycles. The van der Waals surface area contributed by atoms with Crippen molar-refractivity contribution in [3.05, 3.63) is 119 Å². The van der Waals surface area contributed by atoms with Crippen LogP contribution in [0.25, 0.3) is 22.1 Å². The summed E-state index contributed by atoms with van der Waals surface area (Å²) in [5.74, 6) is 1.96. The molecule has 0 spiro atoms. The van der Waals surface area contributed by atoms with Crippen molar-refractivity contribution >= 4 is 22.1 Å². The van der Waals surface area contributed by atoms with E-state index in [1.807, 2.05) is 0 Å². The van der Waals surface area contributed by atoms with Gasteiger partial charge in [0.05, 0.1) is 0 Å². The second-order valence-electron chi connectivity index (χ2n) is 13.6. The Morgan fingerprint density at radius 1 is 0.548 bits per heavy atom. The van der Waals surface area contributed by atoms with Crippen molar-refractivity contribution in [3.8, 4) is 0 Å². The third kappa shape index (κ3) is 6.28. The maximum atomic E-state index is 4.84. The summed E-state index contributed by atoms with van der Waals surface area (Å²) in [5, 5.41) is 0. The van der Waals surface area contributed by atoms with Gasteiger partial charge in [-0.15, -0.1) is 0 Å². The standard InChI is InChI=1S/C36H40N6/c1-35(2,3)27-11-7-25(8-12-27)21-41-19-17-29-31(23-41)39-33(37-29)15-16-34-38-30-18-20-42(24-32(30)40-34)22-26-9-13-28(14-10-26)36(4,5)6/h7-14,17-20,23-24H,15-16,21-22H2,1-6H3/p+2. The number of imidazole rings is 2. The summed E-state index contributed by atoms with van der Waals surface area (Å²) in [6.07, 6.45) is 10.1. The van der Waals surface area contributed by atoms with Crippen LogP contribution in [0.1, 0.15) is 75.4 Å². The Labute approximate surface area is 248 Å². The number of aromatic nitrogens is 6. The molecule has 0 radical (unpaired) electrons. The van der Waals surface area contributed by atoms with Gasteiger partial charge in [-0.2, -0.15) is 9.13 Å². The van der Waals surface area contributed by atoms with Crippen LogP contribution >= 0.6 is 0 Å². The van der Waals surface area contributed by atoms with Gasteiger partial charge in [0.1, 0.15) is 33.7 Å². The lowest BCUT2D eigenvalue weighted by atomic mass is 9.87. The van der Waals surface area contributed by atoms with Crippen molar-refractivity contribution < 1.29 is 9.13 Å². The predicted octanol–water partition coefficient (Wildman–Crippen LogP) is 6.49. The van der Waals surface area contributed by atoms with E-state index in [-0.39, 0.29) is 10.8 Å². The molecule has 2 N–H and O–H groups in total. The summed E-state index contributed by atoms with van der Waals surface area (Å²) in [5.41, 5.74) is 9.72. The summed E-state index contributed by atoms with van der Waals surface area (Å²) in [6.45, 7) is 15.1. The lowest BCUT2D eigenvalue weighted by molar-refractivity contribution is -0.687. The van der Waals surface area contributed by atoms with Crippen LogP contribution in [0.3, 0.4) is 0 Å². The first-order valence-electron chi connectivity index (χ1n) is 14.9. The van der Waals surface area contributed by atoms with Gasteiger partial charge in [0.15, 0.2) is 37.9 Å². The molecular weight excluding hydrogens is 516 g/mol. The smallest absolute Gasteiger partial charge is 0.195 e. The van der Waals surface area contributed by atoms with E-state index in [1.165, 1.54) is 22.3 Å². The number of hydrogen-bond donors (Lipinski definition) is 2. The van der Waals surface area contributed by atoms with E-state index < -0.39 is 0 Å². The second kappa shape index (κ2) is 10.8. The maximum absolute atomic E-state index is 4.84. The van der Waals surface area contributed by atoms with Gasteiger partial charge in [-0.25, -0.2) is 9.97 Å². The number of nitrogens with one attached hydrogen (secondary N) is 2. The van der Waals surface area contributed by atoms with Crippen LogP contribution in [-0.4, -0.2) is 19.9 Å². The van der Waals surface area contributed by atoms with Crippen molar-refractivity contribution in [3.63, 3.8) is 0 Å². The lowest BCUT2D eigenvalue weighted by Gasteiger charge is -2.18. The Balaban J connectivity index is 1.10. The fourth-order valence-corrected chi connectivity index (χ4v) is 5.42. The molecule has 4 heterocycles. The Kier molecular flexibility index (Phi) is 7.17. The van der Waals surface area contributed by atoms with E-state index in [9.17, 15) is 0 Å². The van der Waals surface area contributed by atoms with E-state index in [0.717, 1.165) is 59.6 Å². The average molecular weight is 559 g/mol. The zero-order valence-corrected chi connectivity index (χ0v) is 25.7. The Bertz CT molecular complexity index is 1690. The quantitative estimate of drug-likeness (QED) is 0.220. The molecule has 6 nitrogen and oxygen atoms in total. The van der Waals surface area contributed by atoms with Crippen LogP contribution in [0.15, 0.2) is 85.5 Å². The highest BCUT2D eigenvalue weighted by atomic mass is 15.0. The molecule has 0 saturated heterocycles. The molecule has 0 atom stereocenters. The average Bonchev–Trinajstić information content (AvgIpc) is 3.54. The summed E-state index contributed by atoms with van der Waals surface area (Å²) >= 11 is 0. The highest BCUT2D eigenvalue weighted by Gasteiger charge is 2.16. The van der Waals surface area contributed by atoms with Crippen LogP contribution in [0.2, 0.25) is 0 Å². The fraction of sp³-hybridized carbons (Fsp3) is 0.333. The molecule has 0 aliphatic rings. The number of rotatable bonds is 7. The molecule has 0 saturated carbocycles. The van der Waals surface area contributed by atoms with Crippen molar-refractivity contribution in [1.29, 1.82) is 0 Å². The summed E-state index contributed by atoms with van der Waals surface area (Å²) in [6, 6.07) is 22.1. The van der Waals surface area contributed by atoms with Gasteiger partial charge in [0.25, 0.3) is 0 Å². The molecule has 0 bridgehead atoms. The van der Waals surface area contributed by atoms with E-state index in [1.54, 1.807) is 0 Å². The molecular formula is C36H42N6+2. The van der Waals surface area contributed by atoms with E-state index >= 15 is 0 Å². The van der Waals surface area contributed by atoms with Crippen molar-refractivity contribution in [2.45, 2.75) is 78.3 Å². The molecule has 2 aromatic carbocycles. The number of H-pyrrole nitrogens is 2. The van der Waals surface area contributed by atoms with Crippen LogP contribution in [0.4, 0.5) is 0 Å². The largest absolute Gasteiger partial charge is 0.337 e. The molecule has 214 valence electrons. The molecule has 6 rings (SSSR count). The molecule has 0 fully saturated rings. The monoisotopic (exact) mass is 558 g/mol. The molecule has 0 aliphatic carbocycles. The topological polar surface area (TPSA) is 65.1 Å². The number of aryl methyl sites for hydroxylation is 2. The van der Waals surface area contributed by atoms with E-state index in [2.05, 4.69) is 146 Å². The first-order valence-corrected chi connectivity index (χ1v) is 14.9. The van der Waals surface area contributed by atoms with Crippen molar-refractivity contribution in [1.82, 2.24) is 19.9 Å². The molecule has 0 amide bonds. The number of aromatic amines is 2. The number of nitrogens with zero attached hydrogens (tertiary/aromatic N) is 4. The lowest BCUT2D eigenvalue weighted by Crippen LogP contribution is -2.33. The number of hydrogen-bond acceptors (Lipinski definition) is 2. The molecule has 0 aliphatic heterocycles. The van der Waals surface area contributed by atoms with Crippen molar-refractivity contribution in [2.75, 3.05) is 0 Å². The summed E-state index contributed by atoms with van der Waals surface area (Å²) in [4.78, 5) is 16.7. The normalized spacial score (nSPS) is 12.4. The van der Waals surface area contributed by atoms with E-state index in [4.69, 9.17) is 9.97 Å². The van der Waals surface area contributed by atoms with Gasteiger partial charge < -0.3 is 9.97 Å².